The van der Waals surface area contributed by atoms with Crippen LogP contribution in [-0.2, 0) is 14.3 Å². The van der Waals surface area contributed by atoms with Gasteiger partial charge in [-0.2, -0.15) is 0 Å². The van der Waals surface area contributed by atoms with Crippen molar-refractivity contribution < 1.29 is 14.3 Å². The Morgan fingerprint density at radius 2 is 2.11 bits per heavy atom. The molecule has 1 fully saturated rings. The number of methoxy groups -OCH3 is 1. The number of nitrogens with one attached hydrogen (secondary N) is 1. The summed E-state index contributed by atoms with van der Waals surface area (Å²) in [6.45, 7) is 8.95. The lowest BCUT2D eigenvalue weighted by molar-refractivity contribution is -0.145. The molecule has 1 amide bonds. The van der Waals surface area contributed by atoms with E-state index in [0.717, 1.165) is 13.0 Å². The van der Waals surface area contributed by atoms with E-state index >= 15 is 0 Å². The van der Waals surface area contributed by atoms with Crippen molar-refractivity contribution in [3.8, 4) is 0 Å². The van der Waals surface area contributed by atoms with Crippen molar-refractivity contribution in [2.24, 2.45) is 0 Å². The molecule has 104 valence electrons. The molecule has 0 aliphatic carbocycles. The first-order chi connectivity index (χ1) is 8.25. The van der Waals surface area contributed by atoms with Gasteiger partial charge in [0.1, 0.15) is 6.04 Å². The Morgan fingerprint density at radius 1 is 1.50 bits per heavy atom. The van der Waals surface area contributed by atoms with Crippen LogP contribution in [0.2, 0.25) is 0 Å². The van der Waals surface area contributed by atoms with Gasteiger partial charge in [-0.15, -0.1) is 0 Å². The Hall–Kier alpha value is -1.10. The van der Waals surface area contributed by atoms with Gasteiger partial charge in [-0.3, -0.25) is 14.5 Å². The minimum Gasteiger partial charge on any atom is -0.469 e. The molecule has 0 aromatic rings. The summed E-state index contributed by atoms with van der Waals surface area (Å²) >= 11 is 0. The van der Waals surface area contributed by atoms with Gasteiger partial charge >= 0.3 is 5.97 Å². The number of carbonyl (C=O) groups excluding carboxylic acids is 2. The third-order valence-corrected chi connectivity index (χ3v) is 3.32. The van der Waals surface area contributed by atoms with Crippen LogP contribution in [0, 0.1) is 0 Å². The molecule has 0 spiro atoms. The van der Waals surface area contributed by atoms with Gasteiger partial charge in [0.25, 0.3) is 0 Å². The van der Waals surface area contributed by atoms with Gasteiger partial charge in [0.2, 0.25) is 5.91 Å². The van der Waals surface area contributed by atoms with E-state index in [9.17, 15) is 9.59 Å². The third kappa shape index (κ3) is 3.70. The van der Waals surface area contributed by atoms with Crippen LogP contribution in [0.5, 0.6) is 0 Å². The minimum atomic E-state index is -0.442. The van der Waals surface area contributed by atoms with E-state index in [1.54, 1.807) is 0 Å². The van der Waals surface area contributed by atoms with Crippen LogP contribution in [0.15, 0.2) is 0 Å². The second-order valence-corrected chi connectivity index (χ2v) is 5.86. The van der Waals surface area contributed by atoms with Crippen molar-refractivity contribution in [3.05, 3.63) is 0 Å². The smallest absolute Gasteiger partial charge is 0.307 e. The molecule has 1 aliphatic rings. The molecular formula is C13H24N2O3. The molecule has 0 aromatic heterocycles. The van der Waals surface area contributed by atoms with Gasteiger partial charge in [0, 0.05) is 18.1 Å². The number of rotatable bonds is 2. The highest BCUT2D eigenvalue weighted by Gasteiger charge is 2.37. The van der Waals surface area contributed by atoms with Crippen molar-refractivity contribution in [2.75, 3.05) is 13.7 Å². The van der Waals surface area contributed by atoms with E-state index in [0.29, 0.717) is 0 Å². The van der Waals surface area contributed by atoms with Crippen LogP contribution in [0.1, 0.15) is 40.5 Å². The Balaban J connectivity index is 2.94. The standard InChI is InChI=1S/C13H24N2O3/c1-9-6-7-15(13(2,3)4)10(12(17)14-9)8-11(16)18-5/h9-10H,6-8H2,1-5H3,(H,14,17). The summed E-state index contributed by atoms with van der Waals surface area (Å²) in [5.41, 5.74) is -0.153. The Bertz CT molecular complexity index is 323. The number of nitrogens with zero attached hydrogens (tertiary/aromatic N) is 1. The lowest BCUT2D eigenvalue weighted by Crippen LogP contribution is -2.53. The summed E-state index contributed by atoms with van der Waals surface area (Å²) in [5.74, 6) is -0.431. The van der Waals surface area contributed by atoms with Gasteiger partial charge in [-0.1, -0.05) is 0 Å². The predicted octanol–water partition coefficient (Wildman–Crippen LogP) is 0.927. The number of hydrogen-bond donors (Lipinski definition) is 1. The molecular weight excluding hydrogens is 232 g/mol. The van der Waals surface area contributed by atoms with E-state index in [2.05, 4.69) is 35.7 Å². The van der Waals surface area contributed by atoms with Crippen molar-refractivity contribution in [3.63, 3.8) is 0 Å². The fourth-order valence-electron chi connectivity index (χ4n) is 2.29. The topological polar surface area (TPSA) is 58.6 Å². The van der Waals surface area contributed by atoms with Crippen molar-refractivity contribution in [1.82, 2.24) is 10.2 Å². The zero-order valence-corrected chi connectivity index (χ0v) is 11.9. The number of esters is 1. The summed E-state index contributed by atoms with van der Waals surface area (Å²) in [6, 6.07) is -0.299. The van der Waals surface area contributed by atoms with Crippen LogP contribution >= 0.6 is 0 Å². The summed E-state index contributed by atoms with van der Waals surface area (Å²) in [6.07, 6.45) is 0.993. The average molecular weight is 256 g/mol. The van der Waals surface area contributed by atoms with E-state index in [4.69, 9.17) is 0 Å². The highest BCUT2D eigenvalue weighted by atomic mass is 16.5. The molecule has 2 unspecified atom stereocenters. The quantitative estimate of drug-likeness (QED) is 0.747. The molecule has 1 aliphatic heterocycles. The molecule has 0 aromatic carbocycles. The van der Waals surface area contributed by atoms with Crippen molar-refractivity contribution >= 4 is 11.9 Å². The fraction of sp³-hybridized carbons (Fsp3) is 0.846. The largest absolute Gasteiger partial charge is 0.469 e. The van der Waals surface area contributed by atoms with E-state index in [1.165, 1.54) is 7.11 Å². The summed E-state index contributed by atoms with van der Waals surface area (Å²) in [5, 5.41) is 2.93. The van der Waals surface area contributed by atoms with Gasteiger partial charge in [0.15, 0.2) is 0 Å². The van der Waals surface area contributed by atoms with Crippen LogP contribution in [0.4, 0.5) is 0 Å². The van der Waals surface area contributed by atoms with E-state index in [1.807, 2.05) is 6.92 Å². The number of ether oxygens (including phenoxy) is 1. The van der Waals surface area contributed by atoms with Crippen LogP contribution < -0.4 is 5.32 Å². The maximum Gasteiger partial charge on any atom is 0.307 e. The summed E-state index contributed by atoms with van der Waals surface area (Å²) in [7, 11) is 1.35. The molecule has 1 heterocycles. The molecule has 5 heteroatoms. The monoisotopic (exact) mass is 256 g/mol. The fourth-order valence-corrected chi connectivity index (χ4v) is 2.29. The molecule has 2 atom stereocenters. The van der Waals surface area contributed by atoms with Crippen LogP contribution in [0.25, 0.3) is 0 Å². The first kappa shape index (κ1) is 15.0. The van der Waals surface area contributed by atoms with E-state index < -0.39 is 6.04 Å². The van der Waals surface area contributed by atoms with E-state index in [-0.39, 0.29) is 29.9 Å². The Kier molecular flexibility index (Phi) is 4.73. The second-order valence-electron chi connectivity index (χ2n) is 5.86. The second kappa shape index (κ2) is 5.69. The summed E-state index contributed by atoms with van der Waals surface area (Å²) in [4.78, 5) is 25.7. The SMILES string of the molecule is COC(=O)CC1C(=O)NC(C)CCN1C(C)(C)C. The zero-order chi connectivity index (χ0) is 13.9. The maximum atomic E-state index is 12.2. The average Bonchev–Trinajstić information content (AvgIpc) is 2.37. The van der Waals surface area contributed by atoms with Crippen LogP contribution in [-0.4, -0.2) is 48.1 Å². The Morgan fingerprint density at radius 3 is 2.61 bits per heavy atom. The lowest BCUT2D eigenvalue weighted by Gasteiger charge is -2.39. The highest BCUT2D eigenvalue weighted by Crippen LogP contribution is 2.22. The van der Waals surface area contributed by atoms with Crippen molar-refractivity contribution in [1.29, 1.82) is 0 Å². The number of carbonyl (C=O) groups is 2. The maximum absolute atomic E-state index is 12.2. The van der Waals surface area contributed by atoms with Crippen LogP contribution in [0.3, 0.4) is 0 Å². The zero-order valence-electron chi connectivity index (χ0n) is 11.9. The molecule has 1 rings (SSSR count). The molecule has 0 saturated carbocycles. The summed E-state index contributed by atoms with van der Waals surface area (Å²) < 4.78 is 4.68. The molecule has 0 bridgehead atoms. The molecule has 1 saturated heterocycles. The lowest BCUT2D eigenvalue weighted by atomic mass is 10.0. The third-order valence-electron chi connectivity index (χ3n) is 3.32. The van der Waals surface area contributed by atoms with Gasteiger partial charge in [0.05, 0.1) is 13.5 Å². The van der Waals surface area contributed by atoms with Gasteiger partial charge in [-0.05, 0) is 34.1 Å². The minimum absolute atomic E-state index is 0.0830. The van der Waals surface area contributed by atoms with Gasteiger partial charge < -0.3 is 10.1 Å². The highest BCUT2D eigenvalue weighted by molar-refractivity contribution is 5.87. The first-order valence-electron chi connectivity index (χ1n) is 6.39. The molecule has 0 radical (unpaired) electrons. The molecule has 1 N–H and O–H groups in total. The molecule has 5 nitrogen and oxygen atoms in total. The Labute approximate surface area is 109 Å². The number of amides is 1. The first-order valence-corrected chi connectivity index (χ1v) is 6.39. The number of hydrogen-bond acceptors (Lipinski definition) is 4. The van der Waals surface area contributed by atoms with Crippen molar-refractivity contribution in [2.45, 2.75) is 58.2 Å². The predicted molar refractivity (Wildman–Crippen MR) is 69.1 cm³/mol. The molecule has 18 heavy (non-hydrogen) atoms. The normalized spacial score (nSPS) is 26.4. The van der Waals surface area contributed by atoms with Gasteiger partial charge in [-0.25, -0.2) is 0 Å².